The maximum atomic E-state index is 13.7. The molecule has 20 heavy (non-hydrogen) atoms. The van der Waals surface area contributed by atoms with Gasteiger partial charge in [-0.15, -0.1) is 0 Å². The molecule has 2 aromatic carbocycles. The highest BCUT2D eigenvalue weighted by molar-refractivity contribution is 9.11. The third kappa shape index (κ3) is 2.41. The van der Waals surface area contributed by atoms with Crippen LogP contribution in [0, 0.1) is 5.82 Å². The van der Waals surface area contributed by atoms with E-state index in [9.17, 15) is 4.39 Å². The van der Waals surface area contributed by atoms with E-state index in [0.717, 1.165) is 14.5 Å². The lowest BCUT2D eigenvalue weighted by molar-refractivity contribution is 0.501. The van der Waals surface area contributed by atoms with Crippen molar-refractivity contribution in [3.8, 4) is 0 Å². The molecule has 0 aliphatic carbocycles. The van der Waals surface area contributed by atoms with Crippen molar-refractivity contribution >= 4 is 42.8 Å². The van der Waals surface area contributed by atoms with Gasteiger partial charge in [-0.1, -0.05) is 44.0 Å². The van der Waals surface area contributed by atoms with Crippen LogP contribution < -0.4 is 5.73 Å². The molecule has 102 valence electrons. The van der Waals surface area contributed by atoms with Crippen LogP contribution in [0.25, 0.3) is 11.0 Å². The summed E-state index contributed by atoms with van der Waals surface area (Å²) in [4.78, 5) is 0. The van der Waals surface area contributed by atoms with Crippen LogP contribution in [0.3, 0.4) is 0 Å². The maximum absolute atomic E-state index is 13.7. The first-order valence-corrected chi connectivity index (χ1v) is 7.53. The van der Waals surface area contributed by atoms with Crippen LogP contribution in [0.15, 0.2) is 55.8 Å². The minimum atomic E-state index is -0.464. The molecule has 5 heteroatoms. The van der Waals surface area contributed by atoms with Gasteiger partial charge in [-0.25, -0.2) is 4.39 Å². The molecule has 0 radical (unpaired) electrons. The Morgan fingerprint density at radius 2 is 1.90 bits per heavy atom. The SMILES string of the molecule is NC(c1cc2cccc(F)c2o1)c1cc(Br)ccc1Br. The minimum absolute atomic E-state index is 0.240. The zero-order valence-corrected chi connectivity index (χ0v) is 13.4. The van der Waals surface area contributed by atoms with Crippen molar-refractivity contribution < 1.29 is 8.81 Å². The zero-order chi connectivity index (χ0) is 14.3. The van der Waals surface area contributed by atoms with Crippen molar-refractivity contribution in [3.05, 3.63) is 68.6 Å². The largest absolute Gasteiger partial charge is 0.456 e. The van der Waals surface area contributed by atoms with Gasteiger partial charge >= 0.3 is 0 Å². The van der Waals surface area contributed by atoms with Crippen molar-refractivity contribution in [1.29, 1.82) is 0 Å². The minimum Gasteiger partial charge on any atom is -0.456 e. The van der Waals surface area contributed by atoms with Gasteiger partial charge in [0.15, 0.2) is 11.4 Å². The highest BCUT2D eigenvalue weighted by Gasteiger charge is 2.18. The van der Waals surface area contributed by atoms with Gasteiger partial charge in [0.05, 0.1) is 6.04 Å². The predicted molar refractivity (Wildman–Crippen MR) is 84.0 cm³/mol. The number of halogens is 3. The van der Waals surface area contributed by atoms with Crippen molar-refractivity contribution in [2.75, 3.05) is 0 Å². The summed E-state index contributed by atoms with van der Waals surface area (Å²) >= 11 is 6.89. The van der Waals surface area contributed by atoms with Gasteiger partial charge in [0.2, 0.25) is 0 Å². The van der Waals surface area contributed by atoms with E-state index in [1.165, 1.54) is 6.07 Å². The third-order valence-corrected chi connectivity index (χ3v) is 4.33. The predicted octanol–water partition coefficient (Wildman–Crippen LogP) is 5.15. The average Bonchev–Trinajstić information content (AvgIpc) is 2.86. The molecule has 2 nitrogen and oxygen atoms in total. The van der Waals surface area contributed by atoms with Crippen molar-refractivity contribution in [1.82, 2.24) is 0 Å². The Labute approximate surface area is 132 Å². The van der Waals surface area contributed by atoms with E-state index < -0.39 is 6.04 Å². The molecule has 0 amide bonds. The highest BCUT2D eigenvalue weighted by atomic mass is 79.9. The van der Waals surface area contributed by atoms with E-state index in [-0.39, 0.29) is 11.4 Å². The van der Waals surface area contributed by atoms with Crippen LogP contribution in [0.5, 0.6) is 0 Å². The molecule has 1 atom stereocenters. The van der Waals surface area contributed by atoms with Crippen LogP contribution in [0.4, 0.5) is 4.39 Å². The van der Waals surface area contributed by atoms with Crippen LogP contribution >= 0.6 is 31.9 Å². The van der Waals surface area contributed by atoms with Crippen LogP contribution in [0.2, 0.25) is 0 Å². The Morgan fingerprint density at radius 3 is 2.65 bits per heavy atom. The maximum Gasteiger partial charge on any atom is 0.169 e. The first-order chi connectivity index (χ1) is 9.56. The molecule has 0 saturated heterocycles. The third-order valence-electron chi connectivity index (χ3n) is 3.11. The summed E-state index contributed by atoms with van der Waals surface area (Å²) in [6, 6.07) is 11.9. The first-order valence-electron chi connectivity index (χ1n) is 5.95. The molecule has 1 aromatic heterocycles. The second-order valence-electron chi connectivity index (χ2n) is 4.45. The molecule has 3 rings (SSSR count). The van der Waals surface area contributed by atoms with Gasteiger partial charge in [0.1, 0.15) is 5.76 Å². The Kier molecular flexibility index (Phi) is 3.67. The molecule has 0 bridgehead atoms. The number of furan rings is 1. The quantitative estimate of drug-likeness (QED) is 0.648. The fourth-order valence-electron chi connectivity index (χ4n) is 2.11. The Hall–Kier alpha value is -1.17. The fourth-order valence-corrected chi connectivity index (χ4v) is 2.98. The Morgan fingerprint density at radius 1 is 1.10 bits per heavy atom. The van der Waals surface area contributed by atoms with Crippen LogP contribution in [-0.4, -0.2) is 0 Å². The first kappa shape index (κ1) is 13.8. The molecular weight excluding hydrogens is 389 g/mol. The highest BCUT2D eigenvalue weighted by Crippen LogP contribution is 2.32. The molecule has 0 aliphatic heterocycles. The lowest BCUT2D eigenvalue weighted by atomic mass is 10.1. The monoisotopic (exact) mass is 397 g/mol. The summed E-state index contributed by atoms with van der Waals surface area (Å²) in [5.41, 5.74) is 7.35. The summed E-state index contributed by atoms with van der Waals surface area (Å²) in [5, 5.41) is 0.710. The van der Waals surface area contributed by atoms with E-state index in [4.69, 9.17) is 10.2 Å². The number of rotatable bonds is 2. The van der Waals surface area contributed by atoms with Gasteiger partial charge in [-0.2, -0.15) is 0 Å². The number of hydrogen-bond acceptors (Lipinski definition) is 2. The number of para-hydroxylation sites is 1. The molecule has 0 spiro atoms. The van der Waals surface area contributed by atoms with Crippen LogP contribution in [-0.2, 0) is 0 Å². The van der Waals surface area contributed by atoms with E-state index in [0.29, 0.717) is 11.1 Å². The van der Waals surface area contributed by atoms with Gasteiger partial charge in [-0.3, -0.25) is 0 Å². The standard InChI is InChI=1S/C15H10Br2FNO/c16-9-4-5-11(17)10(7-9)14(19)13-6-8-2-1-3-12(18)15(8)20-13/h1-7,14H,19H2. The molecule has 0 aliphatic rings. The van der Waals surface area contributed by atoms with Crippen molar-refractivity contribution in [2.24, 2.45) is 5.73 Å². The van der Waals surface area contributed by atoms with Crippen LogP contribution in [0.1, 0.15) is 17.4 Å². The van der Waals surface area contributed by atoms with Gasteiger partial charge < -0.3 is 10.2 Å². The smallest absolute Gasteiger partial charge is 0.169 e. The number of hydrogen-bond donors (Lipinski definition) is 1. The molecule has 1 heterocycles. The molecule has 2 N–H and O–H groups in total. The van der Waals surface area contributed by atoms with E-state index >= 15 is 0 Å². The Balaban J connectivity index is 2.10. The van der Waals surface area contributed by atoms with Gasteiger partial charge in [0, 0.05) is 14.3 Å². The summed E-state index contributed by atoms with van der Waals surface area (Å²) in [6.45, 7) is 0. The number of nitrogens with two attached hydrogens (primary N) is 1. The summed E-state index contributed by atoms with van der Waals surface area (Å²) < 4.78 is 21.0. The second-order valence-corrected chi connectivity index (χ2v) is 6.22. The molecule has 0 fully saturated rings. The molecule has 3 aromatic rings. The average molecular weight is 399 g/mol. The zero-order valence-electron chi connectivity index (χ0n) is 10.2. The Bertz CT molecular complexity index is 785. The van der Waals surface area contributed by atoms with Crippen molar-refractivity contribution in [2.45, 2.75) is 6.04 Å². The fraction of sp³-hybridized carbons (Fsp3) is 0.0667. The summed E-state index contributed by atoms with van der Waals surface area (Å²) in [5.74, 6) is 0.151. The summed E-state index contributed by atoms with van der Waals surface area (Å²) in [6.07, 6.45) is 0. The second kappa shape index (κ2) is 5.31. The van der Waals surface area contributed by atoms with Crippen molar-refractivity contribution in [3.63, 3.8) is 0 Å². The number of benzene rings is 2. The molecule has 0 saturated carbocycles. The molecular formula is C15H10Br2FNO. The normalized spacial score (nSPS) is 12.8. The van der Waals surface area contributed by atoms with E-state index in [1.807, 2.05) is 18.2 Å². The molecule has 1 unspecified atom stereocenters. The number of fused-ring (bicyclic) bond motifs is 1. The lowest BCUT2D eigenvalue weighted by Gasteiger charge is -2.11. The van der Waals surface area contributed by atoms with E-state index in [1.54, 1.807) is 18.2 Å². The van der Waals surface area contributed by atoms with Gasteiger partial charge in [-0.05, 0) is 35.9 Å². The lowest BCUT2D eigenvalue weighted by Crippen LogP contribution is -2.11. The topological polar surface area (TPSA) is 39.2 Å². The summed E-state index contributed by atoms with van der Waals surface area (Å²) in [7, 11) is 0. The van der Waals surface area contributed by atoms with E-state index in [2.05, 4.69) is 31.9 Å². The van der Waals surface area contributed by atoms with Gasteiger partial charge in [0.25, 0.3) is 0 Å².